The molecular weight excluding hydrogens is 224 g/mol. The van der Waals surface area contributed by atoms with E-state index < -0.39 is 0 Å². The monoisotopic (exact) mass is 246 g/mol. The third kappa shape index (κ3) is 2.41. The lowest BCUT2D eigenvalue weighted by Crippen LogP contribution is -2.46. The van der Waals surface area contributed by atoms with Gasteiger partial charge in [0.05, 0.1) is 0 Å². The zero-order valence-electron chi connectivity index (χ0n) is 11.2. The Labute approximate surface area is 109 Å². The van der Waals surface area contributed by atoms with Crippen LogP contribution in [-0.2, 0) is 11.2 Å². The topological polar surface area (TPSA) is 46.3 Å². The van der Waals surface area contributed by atoms with Crippen LogP contribution >= 0.6 is 0 Å². The fourth-order valence-electron chi connectivity index (χ4n) is 2.61. The van der Waals surface area contributed by atoms with E-state index in [4.69, 9.17) is 5.73 Å². The molecule has 0 aromatic heterocycles. The summed E-state index contributed by atoms with van der Waals surface area (Å²) in [6.45, 7) is 4.43. The molecule has 0 fully saturated rings. The number of para-hydroxylation sites is 1. The standard InChI is InChI=1S/C15H22N2O/c1-11(2)15(18)17-13(10-16)8-5-7-12-6-3-4-9-14(12)17/h3-4,6,9,11,13H,5,7-8,10,16H2,1-2H3. The van der Waals surface area contributed by atoms with Crippen molar-refractivity contribution < 1.29 is 4.79 Å². The number of hydrogen-bond donors (Lipinski definition) is 1. The van der Waals surface area contributed by atoms with Crippen LogP contribution in [0.1, 0.15) is 32.3 Å². The molecule has 1 aliphatic rings. The molecule has 1 atom stereocenters. The maximum Gasteiger partial charge on any atom is 0.229 e. The minimum absolute atomic E-state index is 0.00482. The molecule has 98 valence electrons. The van der Waals surface area contributed by atoms with Crippen LogP contribution in [0.3, 0.4) is 0 Å². The molecule has 0 saturated carbocycles. The molecule has 0 saturated heterocycles. The molecule has 2 N–H and O–H groups in total. The Morgan fingerprint density at radius 3 is 2.83 bits per heavy atom. The van der Waals surface area contributed by atoms with Crippen LogP contribution in [0.25, 0.3) is 0 Å². The van der Waals surface area contributed by atoms with Gasteiger partial charge in [-0.3, -0.25) is 4.79 Å². The summed E-state index contributed by atoms with van der Waals surface area (Å²) in [5.74, 6) is 0.185. The van der Waals surface area contributed by atoms with E-state index in [-0.39, 0.29) is 17.9 Å². The van der Waals surface area contributed by atoms with Gasteiger partial charge in [-0.25, -0.2) is 0 Å². The smallest absolute Gasteiger partial charge is 0.229 e. The van der Waals surface area contributed by atoms with Gasteiger partial charge in [-0.05, 0) is 30.9 Å². The maximum atomic E-state index is 12.5. The molecule has 18 heavy (non-hydrogen) atoms. The zero-order chi connectivity index (χ0) is 13.1. The summed E-state index contributed by atoms with van der Waals surface area (Å²) in [7, 11) is 0. The molecule has 0 spiro atoms. The first kappa shape index (κ1) is 13.1. The van der Waals surface area contributed by atoms with Crippen molar-refractivity contribution in [1.82, 2.24) is 0 Å². The summed E-state index contributed by atoms with van der Waals surface area (Å²) in [6.07, 6.45) is 3.12. The molecule has 0 aliphatic carbocycles. The number of aryl methyl sites for hydroxylation is 1. The van der Waals surface area contributed by atoms with Crippen molar-refractivity contribution in [1.29, 1.82) is 0 Å². The Hall–Kier alpha value is -1.35. The highest BCUT2D eigenvalue weighted by Crippen LogP contribution is 2.30. The number of amides is 1. The number of carbonyl (C=O) groups excluding carboxylic acids is 1. The van der Waals surface area contributed by atoms with E-state index in [2.05, 4.69) is 6.07 Å². The first-order valence-corrected chi connectivity index (χ1v) is 6.76. The van der Waals surface area contributed by atoms with Crippen LogP contribution in [0.15, 0.2) is 24.3 Å². The predicted molar refractivity (Wildman–Crippen MR) is 74.5 cm³/mol. The van der Waals surface area contributed by atoms with Gasteiger partial charge in [0.15, 0.2) is 0 Å². The van der Waals surface area contributed by atoms with Crippen molar-refractivity contribution in [3.63, 3.8) is 0 Å². The normalized spacial score (nSPS) is 19.6. The van der Waals surface area contributed by atoms with Gasteiger partial charge in [-0.15, -0.1) is 0 Å². The summed E-state index contributed by atoms with van der Waals surface area (Å²) in [5, 5.41) is 0. The van der Waals surface area contributed by atoms with Gasteiger partial charge >= 0.3 is 0 Å². The van der Waals surface area contributed by atoms with Gasteiger partial charge in [-0.1, -0.05) is 32.0 Å². The average molecular weight is 246 g/mol. The van der Waals surface area contributed by atoms with Crippen molar-refractivity contribution in [2.75, 3.05) is 11.4 Å². The molecule has 1 heterocycles. The minimum Gasteiger partial charge on any atom is -0.328 e. The van der Waals surface area contributed by atoms with E-state index in [1.165, 1.54) is 5.56 Å². The maximum absolute atomic E-state index is 12.5. The second-order valence-corrected chi connectivity index (χ2v) is 5.27. The molecule has 1 unspecified atom stereocenters. The summed E-state index contributed by atoms with van der Waals surface area (Å²) in [6, 6.07) is 8.35. The van der Waals surface area contributed by atoms with E-state index in [0.29, 0.717) is 6.54 Å². The largest absolute Gasteiger partial charge is 0.328 e. The lowest BCUT2D eigenvalue weighted by atomic mass is 10.1. The van der Waals surface area contributed by atoms with Gasteiger partial charge in [-0.2, -0.15) is 0 Å². The fourth-order valence-corrected chi connectivity index (χ4v) is 2.61. The highest BCUT2D eigenvalue weighted by atomic mass is 16.2. The van der Waals surface area contributed by atoms with Crippen molar-refractivity contribution >= 4 is 11.6 Å². The Morgan fingerprint density at radius 1 is 1.44 bits per heavy atom. The van der Waals surface area contributed by atoms with Gasteiger partial charge < -0.3 is 10.6 Å². The highest BCUT2D eigenvalue weighted by molar-refractivity contribution is 5.96. The Morgan fingerprint density at radius 2 is 2.17 bits per heavy atom. The molecule has 1 aromatic rings. The molecule has 1 aromatic carbocycles. The first-order chi connectivity index (χ1) is 8.65. The molecule has 0 radical (unpaired) electrons. The molecule has 0 bridgehead atoms. The number of hydrogen-bond acceptors (Lipinski definition) is 2. The van der Waals surface area contributed by atoms with Gasteiger partial charge in [0.2, 0.25) is 5.91 Å². The molecular formula is C15H22N2O. The number of nitrogens with two attached hydrogens (primary N) is 1. The van der Waals surface area contributed by atoms with Crippen LogP contribution in [-0.4, -0.2) is 18.5 Å². The SMILES string of the molecule is CC(C)C(=O)N1c2ccccc2CCCC1CN. The van der Waals surface area contributed by atoms with Gasteiger partial charge in [0.25, 0.3) is 0 Å². The van der Waals surface area contributed by atoms with E-state index in [0.717, 1.165) is 24.9 Å². The summed E-state index contributed by atoms with van der Waals surface area (Å²) < 4.78 is 0. The van der Waals surface area contributed by atoms with Crippen LogP contribution < -0.4 is 10.6 Å². The Bertz CT molecular complexity index is 428. The fraction of sp³-hybridized carbons (Fsp3) is 0.533. The van der Waals surface area contributed by atoms with Crippen molar-refractivity contribution in [3.05, 3.63) is 29.8 Å². The third-order valence-corrected chi connectivity index (χ3v) is 3.60. The summed E-state index contributed by atoms with van der Waals surface area (Å²) in [4.78, 5) is 14.4. The molecule has 3 nitrogen and oxygen atoms in total. The number of rotatable bonds is 2. The van der Waals surface area contributed by atoms with Crippen LogP contribution in [0.2, 0.25) is 0 Å². The van der Waals surface area contributed by atoms with E-state index in [1.807, 2.05) is 36.9 Å². The first-order valence-electron chi connectivity index (χ1n) is 6.76. The second kappa shape index (κ2) is 5.53. The van der Waals surface area contributed by atoms with E-state index >= 15 is 0 Å². The lowest BCUT2D eigenvalue weighted by molar-refractivity contribution is -0.121. The Kier molecular flexibility index (Phi) is 4.02. The third-order valence-electron chi connectivity index (χ3n) is 3.60. The number of nitrogens with zero attached hydrogens (tertiary/aromatic N) is 1. The van der Waals surface area contributed by atoms with E-state index in [9.17, 15) is 4.79 Å². The number of fused-ring (bicyclic) bond motifs is 1. The van der Waals surface area contributed by atoms with Crippen LogP contribution in [0.4, 0.5) is 5.69 Å². The summed E-state index contributed by atoms with van der Waals surface area (Å²) >= 11 is 0. The molecule has 2 rings (SSSR count). The lowest BCUT2D eigenvalue weighted by Gasteiger charge is -2.32. The van der Waals surface area contributed by atoms with Gasteiger partial charge in [0.1, 0.15) is 0 Å². The number of anilines is 1. The predicted octanol–water partition coefficient (Wildman–Crippen LogP) is 2.34. The molecule has 1 aliphatic heterocycles. The van der Waals surface area contributed by atoms with Crippen LogP contribution in [0, 0.1) is 5.92 Å². The Balaban J connectivity index is 2.45. The van der Waals surface area contributed by atoms with Crippen molar-refractivity contribution in [2.45, 2.75) is 39.2 Å². The van der Waals surface area contributed by atoms with Crippen molar-refractivity contribution in [3.8, 4) is 0 Å². The average Bonchev–Trinajstić information content (AvgIpc) is 2.56. The molecule has 3 heteroatoms. The number of carbonyl (C=O) groups is 1. The minimum atomic E-state index is 0.00482. The van der Waals surface area contributed by atoms with Crippen molar-refractivity contribution in [2.24, 2.45) is 11.7 Å². The van der Waals surface area contributed by atoms with Gasteiger partial charge in [0, 0.05) is 24.2 Å². The van der Waals surface area contributed by atoms with E-state index in [1.54, 1.807) is 0 Å². The zero-order valence-corrected chi connectivity index (χ0v) is 11.2. The van der Waals surface area contributed by atoms with Crippen LogP contribution in [0.5, 0.6) is 0 Å². The molecule has 1 amide bonds. The highest BCUT2D eigenvalue weighted by Gasteiger charge is 2.29. The quantitative estimate of drug-likeness (QED) is 0.870. The second-order valence-electron chi connectivity index (χ2n) is 5.27. The summed E-state index contributed by atoms with van der Waals surface area (Å²) in [5.41, 5.74) is 8.19. The number of benzene rings is 1.